The fraction of sp³-hybridized carbons (Fsp3) is 0.364. The van der Waals surface area contributed by atoms with Gasteiger partial charge in [-0.15, -0.1) is 5.23 Å². The number of hydrogen-bond acceptors (Lipinski definition) is 7. The van der Waals surface area contributed by atoms with E-state index in [0.717, 1.165) is 11.1 Å². The molecule has 1 aliphatic carbocycles. The first kappa shape index (κ1) is 19.8. The van der Waals surface area contributed by atoms with Crippen LogP contribution in [0.15, 0.2) is 64.6 Å². The molecule has 2 atom stereocenters. The number of hydrogen-bond donors (Lipinski definition) is 2. The predicted molar refractivity (Wildman–Crippen MR) is 112 cm³/mol. The number of carbonyl (C=O) groups is 1. The molecule has 2 aliphatic heterocycles. The SMILES string of the molecule is O=C1C=C2C3=C(CNN2F)CC(c2ccccc2)C(c2ncnn2CCCO)C3=NC1. The molecule has 3 heterocycles. The quantitative estimate of drug-likeness (QED) is 0.714. The zero-order valence-electron chi connectivity index (χ0n) is 16.9. The van der Waals surface area contributed by atoms with E-state index in [0.29, 0.717) is 48.3 Å². The minimum absolute atomic E-state index is 0.0122. The lowest BCUT2D eigenvalue weighted by Gasteiger charge is -2.39. The lowest BCUT2D eigenvalue weighted by molar-refractivity contribution is -0.113. The minimum Gasteiger partial charge on any atom is -0.396 e. The Hall–Kier alpha value is -3.17. The highest BCUT2D eigenvalue weighted by Crippen LogP contribution is 2.47. The second-order valence-corrected chi connectivity index (χ2v) is 7.91. The third-order valence-corrected chi connectivity index (χ3v) is 6.05. The Labute approximate surface area is 178 Å². The van der Waals surface area contributed by atoms with Crippen molar-refractivity contribution in [1.29, 1.82) is 0 Å². The van der Waals surface area contributed by atoms with Gasteiger partial charge in [0.2, 0.25) is 0 Å². The molecule has 160 valence electrons. The summed E-state index contributed by atoms with van der Waals surface area (Å²) in [5, 5.41) is 14.1. The van der Waals surface area contributed by atoms with E-state index in [9.17, 15) is 14.4 Å². The summed E-state index contributed by atoms with van der Waals surface area (Å²) >= 11 is 0. The van der Waals surface area contributed by atoms with Crippen LogP contribution in [-0.4, -0.2) is 56.3 Å². The number of aliphatic imine (C=N–C) groups is 1. The molecule has 2 aromatic rings. The summed E-state index contributed by atoms with van der Waals surface area (Å²) in [7, 11) is 0. The van der Waals surface area contributed by atoms with Crippen LogP contribution >= 0.6 is 0 Å². The first-order valence-corrected chi connectivity index (χ1v) is 10.4. The number of rotatable bonds is 5. The molecule has 9 heteroatoms. The van der Waals surface area contributed by atoms with Crippen LogP contribution in [-0.2, 0) is 11.3 Å². The van der Waals surface area contributed by atoms with Crippen molar-refractivity contribution in [3.05, 3.63) is 71.0 Å². The highest BCUT2D eigenvalue weighted by atomic mass is 19.2. The van der Waals surface area contributed by atoms with Crippen molar-refractivity contribution in [3.8, 4) is 0 Å². The zero-order valence-corrected chi connectivity index (χ0v) is 16.9. The Morgan fingerprint density at radius 3 is 2.90 bits per heavy atom. The standard InChI is InChI=1S/C22H23FN6O2/c23-29-18-10-16(31)12-24-21-19(18)15(11-26-29)9-17(14-5-2-1-3-6-14)20(21)22-25-13-27-28(22)7-4-8-30/h1-3,5-6,10,13,17,20,26,30H,4,7-9,11-12H2. The topological polar surface area (TPSA) is 95.6 Å². The summed E-state index contributed by atoms with van der Waals surface area (Å²) in [6.07, 6.45) is 4.06. The van der Waals surface area contributed by atoms with Crippen molar-refractivity contribution in [2.24, 2.45) is 4.99 Å². The lowest BCUT2D eigenvalue weighted by atomic mass is 9.70. The van der Waals surface area contributed by atoms with Crippen molar-refractivity contribution >= 4 is 11.5 Å². The van der Waals surface area contributed by atoms with Crippen LogP contribution in [0.4, 0.5) is 4.48 Å². The molecular weight excluding hydrogens is 399 g/mol. The fourth-order valence-electron chi connectivity index (χ4n) is 4.72. The highest BCUT2D eigenvalue weighted by molar-refractivity contribution is 6.13. The van der Waals surface area contributed by atoms with Gasteiger partial charge in [0.25, 0.3) is 0 Å². The highest BCUT2D eigenvalue weighted by Gasteiger charge is 2.44. The van der Waals surface area contributed by atoms with Gasteiger partial charge in [-0.2, -0.15) is 5.10 Å². The number of aliphatic hydroxyl groups is 1. The van der Waals surface area contributed by atoms with Gasteiger partial charge in [0, 0.05) is 37.3 Å². The summed E-state index contributed by atoms with van der Waals surface area (Å²) < 4.78 is 16.5. The maximum absolute atomic E-state index is 14.7. The van der Waals surface area contributed by atoms with Crippen LogP contribution in [0.3, 0.4) is 0 Å². The smallest absolute Gasteiger partial charge is 0.179 e. The third-order valence-electron chi connectivity index (χ3n) is 6.05. The number of carbonyl (C=O) groups excluding carboxylic acids is 1. The average Bonchev–Trinajstić information content (AvgIpc) is 3.18. The Bertz CT molecular complexity index is 1090. The molecule has 3 aliphatic rings. The molecule has 8 nitrogen and oxygen atoms in total. The van der Waals surface area contributed by atoms with Gasteiger partial charge in [-0.25, -0.2) is 15.1 Å². The van der Waals surface area contributed by atoms with E-state index >= 15 is 0 Å². The molecule has 0 radical (unpaired) electrons. The van der Waals surface area contributed by atoms with Gasteiger partial charge in [-0.3, -0.25) is 9.79 Å². The van der Waals surface area contributed by atoms with Crippen molar-refractivity contribution in [1.82, 2.24) is 25.4 Å². The number of aliphatic hydroxyl groups excluding tert-OH is 1. The minimum atomic E-state index is -0.289. The molecule has 0 saturated carbocycles. The van der Waals surface area contributed by atoms with Gasteiger partial charge < -0.3 is 5.11 Å². The number of benzene rings is 1. The maximum Gasteiger partial charge on any atom is 0.179 e. The Balaban J connectivity index is 1.70. The molecule has 0 saturated heterocycles. The van der Waals surface area contributed by atoms with Crippen LogP contribution in [0.2, 0.25) is 0 Å². The lowest BCUT2D eigenvalue weighted by Crippen LogP contribution is -2.43. The van der Waals surface area contributed by atoms with Gasteiger partial charge in [-0.05, 0) is 24.0 Å². The molecule has 31 heavy (non-hydrogen) atoms. The Kier molecular flexibility index (Phi) is 5.21. The number of ketones is 1. The molecule has 2 unspecified atom stereocenters. The number of aryl methyl sites for hydroxylation is 1. The number of halogens is 1. The summed E-state index contributed by atoms with van der Waals surface area (Å²) in [5.74, 6) is 0.193. The normalized spacial score (nSPS) is 23.3. The molecule has 2 N–H and O–H groups in total. The second kappa shape index (κ2) is 8.16. The van der Waals surface area contributed by atoms with Gasteiger partial charge in [0.05, 0.1) is 11.6 Å². The largest absolute Gasteiger partial charge is 0.396 e. The van der Waals surface area contributed by atoms with Crippen molar-refractivity contribution in [2.45, 2.75) is 31.2 Å². The zero-order chi connectivity index (χ0) is 21.4. The van der Waals surface area contributed by atoms with Gasteiger partial charge in [-0.1, -0.05) is 34.8 Å². The maximum atomic E-state index is 14.7. The number of nitrogens with zero attached hydrogens (tertiary/aromatic N) is 5. The van der Waals surface area contributed by atoms with Crippen LogP contribution in [0.5, 0.6) is 0 Å². The van der Waals surface area contributed by atoms with Crippen molar-refractivity contribution in [2.75, 3.05) is 19.7 Å². The second-order valence-electron chi connectivity index (χ2n) is 7.91. The molecular formula is C22H23FN6O2. The molecule has 1 aromatic heterocycles. The molecule has 1 aromatic carbocycles. The van der Waals surface area contributed by atoms with Gasteiger partial charge in [0.15, 0.2) is 5.78 Å². The number of aromatic nitrogens is 3. The first-order chi connectivity index (χ1) is 15.2. The van der Waals surface area contributed by atoms with Gasteiger partial charge >= 0.3 is 0 Å². The van der Waals surface area contributed by atoms with E-state index in [1.807, 2.05) is 18.2 Å². The van der Waals surface area contributed by atoms with E-state index in [1.165, 1.54) is 12.4 Å². The van der Waals surface area contributed by atoms with Crippen LogP contribution in [0.1, 0.15) is 36.1 Å². The number of hydrazine groups is 1. The van der Waals surface area contributed by atoms with Crippen LogP contribution in [0, 0.1) is 0 Å². The summed E-state index contributed by atoms with van der Waals surface area (Å²) in [5.41, 5.74) is 6.45. The molecule has 0 spiro atoms. The van der Waals surface area contributed by atoms with E-state index in [4.69, 9.17) is 0 Å². The summed E-state index contributed by atoms with van der Waals surface area (Å²) in [6.45, 7) is 0.878. The van der Waals surface area contributed by atoms with E-state index in [-0.39, 0.29) is 36.5 Å². The van der Waals surface area contributed by atoms with E-state index in [1.54, 1.807) is 4.68 Å². The predicted octanol–water partition coefficient (Wildman–Crippen LogP) is 1.84. The molecule has 0 amide bonds. The fourth-order valence-corrected chi connectivity index (χ4v) is 4.72. The Morgan fingerprint density at radius 2 is 2.10 bits per heavy atom. The van der Waals surface area contributed by atoms with E-state index < -0.39 is 0 Å². The summed E-state index contributed by atoms with van der Waals surface area (Å²) in [6, 6.07) is 10.1. The van der Waals surface area contributed by atoms with Crippen LogP contribution in [0.25, 0.3) is 0 Å². The van der Waals surface area contributed by atoms with E-state index in [2.05, 4.69) is 32.6 Å². The van der Waals surface area contributed by atoms with Crippen molar-refractivity contribution in [3.63, 3.8) is 0 Å². The summed E-state index contributed by atoms with van der Waals surface area (Å²) in [4.78, 5) is 21.6. The third kappa shape index (κ3) is 3.49. The Morgan fingerprint density at radius 1 is 1.26 bits per heavy atom. The number of nitrogens with one attached hydrogen (secondary N) is 1. The van der Waals surface area contributed by atoms with Crippen LogP contribution < -0.4 is 5.43 Å². The number of allylic oxidation sites excluding steroid dienone is 1. The van der Waals surface area contributed by atoms with Gasteiger partial charge in [0.1, 0.15) is 24.4 Å². The average molecular weight is 422 g/mol. The molecule has 0 bridgehead atoms. The first-order valence-electron chi connectivity index (χ1n) is 10.4. The molecule has 0 fully saturated rings. The molecule has 5 rings (SSSR count). The monoisotopic (exact) mass is 422 g/mol. The van der Waals surface area contributed by atoms with Crippen molar-refractivity contribution < 1.29 is 14.4 Å².